The standard InChI is InChI=1S/C29H27NO5/c1-3-4-16-34-22-9-7-8-20(17-22)26-25-27(31)23-10-5-6-11-24(23)35-28(25)29(32)30(26)18-19-12-14-21(33-2)15-13-19/h5-15,17,26H,3-4,16,18H2,1-2H3. The summed E-state index contributed by atoms with van der Waals surface area (Å²) in [6.07, 6.45) is 1.99. The number of methoxy groups -OCH3 is 1. The molecule has 0 aliphatic carbocycles. The Labute approximate surface area is 203 Å². The van der Waals surface area contributed by atoms with Gasteiger partial charge in [-0.2, -0.15) is 0 Å². The van der Waals surface area contributed by atoms with Crippen LogP contribution in [0.2, 0.25) is 0 Å². The van der Waals surface area contributed by atoms with E-state index in [1.54, 1.807) is 36.3 Å². The molecule has 0 spiro atoms. The molecule has 2 heterocycles. The molecule has 3 aromatic carbocycles. The van der Waals surface area contributed by atoms with Crippen molar-refractivity contribution in [3.63, 3.8) is 0 Å². The monoisotopic (exact) mass is 469 g/mol. The summed E-state index contributed by atoms with van der Waals surface area (Å²) < 4.78 is 17.2. The van der Waals surface area contributed by atoms with Crippen molar-refractivity contribution in [1.82, 2.24) is 4.90 Å². The number of carbonyl (C=O) groups excluding carboxylic acids is 1. The number of fused-ring (bicyclic) bond motifs is 2. The molecule has 0 N–H and O–H groups in total. The molecule has 1 atom stereocenters. The van der Waals surface area contributed by atoms with Crippen molar-refractivity contribution < 1.29 is 18.7 Å². The lowest BCUT2D eigenvalue weighted by atomic mass is 9.98. The maximum Gasteiger partial charge on any atom is 0.291 e. The van der Waals surface area contributed by atoms with Crippen LogP contribution in [0.3, 0.4) is 0 Å². The number of unbranched alkanes of at least 4 members (excludes halogenated alkanes) is 1. The van der Waals surface area contributed by atoms with Crippen molar-refractivity contribution in [1.29, 1.82) is 0 Å². The fraction of sp³-hybridized carbons (Fsp3) is 0.241. The van der Waals surface area contributed by atoms with Gasteiger partial charge in [-0.05, 0) is 53.9 Å². The fourth-order valence-electron chi connectivity index (χ4n) is 4.51. The van der Waals surface area contributed by atoms with Crippen molar-refractivity contribution in [3.8, 4) is 11.5 Å². The molecule has 1 aromatic heterocycles. The van der Waals surface area contributed by atoms with Gasteiger partial charge in [0.1, 0.15) is 17.1 Å². The third-order valence-electron chi connectivity index (χ3n) is 6.33. The number of hydrogen-bond acceptors (Lipinski definition) is 5. The van der Waals surface area contributed by atoms with Crippen molar-refractivity contribution in [2.24, 2.45) is 0 Å². The Bertz CT molecular complexity index is 1420. The van der Waals surface area contributed by atoms with Crippen molar-refractivity contribution in [2.75, 3.05) is 13.7 Å². The Morgan fingerprint density at radius 2 is 1.74 bits per heavy atom. The predicted molar refractivity (Wildman–Crippen MR) is 134 cm³/mol. The second-order valence-electron chi connectivity index (χ2n) is 8.63. The zero-order valence-electron chi connectivity index (χ0n) is 19.8. The van der Waals surface area contributed by atoms with Crippen molar-refractivity contribution >= 4 is 16.9 Å². The average Bonchev–Trinajstić information content (AvgIpc) is 3.16. The van der Waals surface area contributed by atoms with E-state index >= 15 is 0 Å². The van der Waals surface area contributed by atoms with Crippen LogP contribution in [0.5, 0.6) is 11.5 Å². The van der Waals surface area contributed by atoms with Crippen LogP contribution in [-0.4, -0.2) is 24.5 Å². The Balaban J connectivity index is 1.62. The molecule has 1 amide bonds. The highest BCUT2D eigenvalue weighted by Crippen LogP contribution is 2.40. The molecule has 0 saturated heterocycles. The second kappa shape index (κ2) is 9.66. The van der Waals surface area contributed by atoms with E-state index in [9.17, 15) is 9.59 Å². The number of rotatable bonds is 8. The summed E-state index contributed by atoms with van der Waals surface area (Å²) in [5.74, 6) is 1.25. The Hall–Kier alpha value is -4.06. The number of para-hydroxylation sites is 1. The predicted octanol–water partition coefficient (Wildman–Crippen LogP) is 5.73. The first-order valence-electron chi connectivity index (χ1n) is 11.8. The first kappa shape index (κ1) is 22.7. The van der Waals surface area contributed by atoms with Gasteiger partial charge in [-0.3, -0.25) is 9.59 Å². The van der Waals surface area contributed by atoms with Gasteiger partial charge in [-0.25, -0.2) is 0 Å². The van der Waals surface area contributed by atoms with E-state index in [1.807, 2.05) is 48.5 Å². The Morgan fingerprint density at radius 1 is 0.943 bits per heavy atom. The number of hydrogen-bond donors (Lipinski definition) is 0. The minimum absolute atomic E-state index is 0.101. The fourth-order valence-corrected chi connectivity index (χ4v) is 4.51. The molecule has 6 heteroatoms. The molecule has 1 aliphatic rings. The molecule has 178 valence electrons. The van der Waals surface area contributed by atoms with Crippen LogP contribution in [0.25, 0.3) is 11.0 Å². The van der Waals surface area contributed by atoms with Crippen LogP contribution in [0.4, 0.5) is 0 Å². The van der Waals surface area contributed by atoms with Crippen LogP contribution in [0.1, 0.15) is 53.1 Å². The van der Waals surface area contributed by atoms with E-state index in [1.165, 1.54) is 0 Å². The average molecular weight is 470 g/mol. The first-order valence-corrected chi connectivity index (χ1v) is 11.8. The highest BCUT2D eigenvalue weighted by Gasteiger charge is 2.42. The zero-order valence-corrected chi connectivity index (χ0v) is 19.8. The van der Waals surface area contributed by atoms with Gasteiger partial charge >= 0.3 is 0 Å². The summed E-state index contributed by atoms with van der Waals surface area (Å²) in [4.78, 5) is 29.0. The van der Waals surface area contributed by atoms with E-state index in [4.69, 9.17) is 13.9 Å². The molecule has 1 unspecified atom stereocenters. The second-order valence-corrected chi connectivity index (χ2v) is 8.63. The number of carbonyl (C=O) groups is 1. The smallest absolute Gasteiger partial charge is 0.291 e. The van der Waals surface area contributed by atoms with Crippen LogP contribution >= 0.6 is 0 Å². The van der Waals surface area contributed by atoms with E-state index in [0.717, 1.165) is 29.7 Å². The lowest BCUT2D eigenvalue weighted by molar-refractivity contribution is 0.0714. The van der Waals surface area contributed by atoms with E-state index < -0.39 is 6.04 Å². The maximum atomic E-state index is 13.6. The SMILES string of the molecule is CCCCOc1cccc(C2c3c(oc4ccccc4c3=O)C(=O)N2Cc2ccc(OC)cc2)c1. The minimum Gasteiger partial charge on any atom is -0.497 e. The summed E-state index contributed by atoms with van der Waals surface area (Å²) in [5.41, 5.74) is 2.32. The summed E-state index contributed by atoms with van der Waals surface area (Å²) >= 11 is 0. The molecular formula is C29H27NO5. The van der Waals surface area contributed by atoms with E-state index in [2.05, 4.69) is 6.92 Å². The minimum atomic E-state index is -0.588. The van der Waals surface area contributed by atoms with Crippen LogP contribution in [-0.2, 0) is 6.54 Å². The largest absolute Gasteiger partial charge is 0.497 e. The number of amides is 1. The highest BCUT2D eigenvalue weighted by atomic mass is 16.5. The van der Waals surface area contributed by atoms with Gasteiger partial charge in [0, 0.05) is 6.54 Å². The van der Waals surface area contributed by atoms with Gasteiger partial charge in [0.2, 0.25) is 5.76 Å². The van der Waals surface area contributed by atoms with Gasteiger partial charge in [-0.1, -0.05) is 49.7 Å². The lowest BCUT2D eigenvalue weighted by Crippen LogP contribution is -2.29. The number of ether oxygens (including phenoxy) is 2. The topological polar surface area (TPSA) is 69.0 Å². The maximum absolute atomic E-state index is 13.6. The van der Waals surface area contributed by atoms with Gasteiger partial charge in [0.05, 0.1) is 30.7 Å². The van der Waals surface area contributed by atoms with Gasteiger partial charge in [0.15, 0.2) is 5.43 Å². The number of nitrogens with zero attached hydrogens (tertiary/aromatic N) is 1. The normalized spacial score (nSPS) is 14.9. The molecule has 35 heavy (non-hydrogen) atoms. The van der Waals surface area contributed by atoms with Gasteiger partial charge in [0.25, 0.3) is 5.91 Å². The van der Waals surface area contributed by atoms with Crippen LogP contribution in [0, 0.1) is 0 Å². The van der Waals surface area contributed by atoms with Crippen LogP contribution < -0.4 is 14.9 Å². The quantitative estimate of drug-likeness (QED) is 0.309. The number of benzene rings is 3. The van der Waals surface area contributed by atoms with E-state index in [-0.39, 0.29) is 17.1 Å². The molecule has 6 nitrogen and oxygen atoms in total. The van der Waals surface area contributed by atoms with Crippen molar-refractivity contribution in [3.05, 3.63) is 105 Å². The Morgan fingerprint density at radius 3 is 2.51 bits per heavy atom. The molecule has 0 bridgehead atoms. The van der Waals surface area contributed by atoms with E-state index in [0.29, 0.717) is 35.4 Å². The first-order chi connectivity index (χ1) is 17.1. The molecule has 0 saturated carbocycles. The van der Waals surface area contributed by atoms with Crippen molar-refractivity contribution in [2.45, 2.75) is 32.4 Å². The van der Waals surface area contributed by atoms with Gasteiger partial charge < -0.3 is 18.8 Å². The lowest BCUT2D eigenvalue weighted by Gasteiger charge is -2.25. The molecule has 0 radical (unpaired) electrons. The summed E-state index contributed by atoms with van der Waals surface area (Å²) in [6.45, 7) is 3.04. The molecule has 4 aromatic rings. The molecule has 0 fully saturated rings. The summed E-state index contributed by atoms with van der Waals surface area (Å²) in [5, 5.41) is 0.464. The zero-order chi connectivity index (χ0) is 24.4. The third-order valence-corrected chi connectivity index (χ3v) is 6.33. The molecule has 5 rings (SSSR count). The third kappa shape index (κ3) is 4.28. The van der Waals surface area contributed by atoms with Gasteiger partial charge in [-0.15, -0.1) is 0 Å². The molecule has 1 aliphatic heterocycles. The Kier molecular flexibility index (Phi) is 6.27. The summed E-state index contributed by atoms with van der Waals surface area (Å²) in [7, 11) is 1.61. The highest BCUT2D eigenvalue weighted by molar-refractivity contribution is 5.99. The summed E-state index contributed by atoms with van der Waals surface area (Å²) in [6, 6.07) is 21.6. The van der Waals surface area contributed by atoms with Crippen LogP contribution in [0.15, 0.2) is 82.0 Å². The molecular weight excluding hydrogens is 442 g/mol.